The molecule has 1 aromatic heterocycles. The van der Waals surface area contributed by atoms with Gasteiger partial charge in [-0.2, -0.15) is 0 Å². The number of aromatic carboxylic acids is 1. The summed E-state index contributed by atoms with van der Waals surface area (Å²) >= 11 is 0. The fraction of sp³-hybridized carbons (Fsp3) is 0.500. The summed E-state index contributed by atoms with van der Waals surface area (Å²) in [6.45, 7) is 13.9. The van der Waals surface area contributed by atoms with E-state index in [1.807, 2.05) is 47.6 Å². The molecule has 0 bridgehead atoms. The van der Waals surface area contributed by atoms with E-state index in [4.69, 9.17) is 4.42 Å². The maximum Gasteiger partial charge on any atom is 0.372 e. The molecule has 0 unspecified atom stereocenters. The quantitative estimate of drug-likeness (QED) is 0.798. The molecule has 0 radical (unpaired) electrons. The summed E-state index contributed by atoms with van der Waals surface area (Å²) in [4.78, 5) is 11.4. The number of benzene rings is 1. The smallest absolute Gasteiger partial charge is 0.372 e. The van der Waals surface area contributed by atoms with E-state index in [0.29, 0.717) is 16.5 Å². The van der Waals surface area contributed by atoms with E-state index in [-0.39, 0.29) is 22.3 Å². The van der Waals surface area contributed by atoms with Gasteiger partial charge in [-0.3, -0.25) is 0 Å². The number of fused-ring (bicyclic) bond motifs is 1. The van der Waals surface area contributed by atoms with Gasteiger partial charge < -0.3 is 14.6 Å². The molecule has 120 valence electrons. The summed E-state index contributed by atoms with van der Waals surface area (Å²) in [7, 11) is 0. The molecule has 4 heteroatoms. The number of aromatic hydroxyl groups is 1. The van der Waals surface area contributed by atoms with Crippen LogP contribution in [0, 0.1) is 6.92 Å². The molecule has 0 fully saturated rings. The number of phenols is 1. The monoisotopic (exact) mass is 304 g/mol. The predicted molar refractivity (Wildman–Crippen MR) is 87.0 cm³/mol. The average molecular weight is 304 g/mol. The van der Waals surface area contributed by atoms with Crippen LogP contribution >= 0.6 is 0 Å². The Morgan fingerprint density at radius 1 is 1.05 bits per heavy atom. The van der Waals surface area contributed by atoms with Gasteiger partial charge in [0.15, 0.2) is 0 Å². The molecule has 4 nitrogen and oxygen atoms in total. The van der Waals surface area contributed by atoms with Gasteiger partial charge >= 0.3 is 5.97 Å². The molecule has 2 N–H and O–H groups in total. The lowest BCUT2D eigenvalue weighted by molar-refractivity contribution is 0.0663. The van der Waals surface area contributed by atoms with Gasteiger partial charge in [0, 0.05) is 16.7 Å². The van der Waals surface area contributed by atoms with Crippen LogP contribution in [0.25, 0.3) is 11.0 Å². The minimum absolute atomic E-state index is 0.109. The maximum atomic E-state index is 11.4. The topological polar surface area (TPSA) is 70.7 Å². The molecule has 0 saturated carbocycles. The first-order chi connectivity index (χ1) is 9.85. The van der Waals surface area contributed by atoms with Crippen molar-refractivity contribution in [1.29, 1.82) is 0 Å². The summed E-state index contributed by atoms with van der Waals surface area (Å²) in [6.07, 6.45) is 0. The highest BCUT2D eigenvalue weighted by Crippen LogP contribution is 2.44. The lowest BCUT2D eigenvalue weighted by atomic mass is 9.79. The van der Waals surface area contributed by atoms with Crippen molar-refractivity contribution in [2.75, 3.05) is 0 Å². The van der Waals surface area contributed by atoms with E-state index in [2.05, 4.69) is 0 Å². The van der Waals surface area contributed by atoms with Crippen molar-refractivity contribution < 1.29 is 19.4 Å². The number of aryl methyl sites for hydroxylation is 1. The van der Waals surface area contributed by atoms with Crippen LogP contribution in [-0.2, 0) is 10.8 Å². The zero-order valence-electron chi connectivity index (χ0n) is 14.3. The molecule has 22 heavy (non-hydrogen) atoms. The van der Waals surface area contributed by atoms with Crippen molar-refractivity contribution in [3.8, 4) is 5.75 Å². The Labute approximate surface area is 130 Å². The van der Waals surface area contributed by atoms with Crippen molar-refractivity contribution in [1.82, 2.24) is 0 Å². The molecule has 2 rings (SSSR count). The first-order valence-corrected chi connectivity index (χ1v) is 7.39. The number of carboxylic acid groups (broad SMARTS) is 1. The Morgan fingerprint density at radius 2 is 1.55 bits per heavy atom. The molecular formula is C18H24O4. The summed E-state index contributed by atoms with van der Waals surface area (Å²) in [5.41, 5.74) is 2.15. The first kappa shape index (κ1) is 16.4. The molecule has 1 heterocycles. The van der Waals surface area contributed by atoms with E-state index in [0.717, 1.165) is 11.1 Å². The van der Waals surface area contributed by atoms with Gasteiger partial charge in [-0.25, -0.2) is 4.79 Å². The zero-order valence-corrected chi connectivity index (χ0v) is 14.3. The van der Waals surface area contributed by atoms with E-state index in [1.165, 1.54) is 0 Å². The molecule has 0 spiro atoms. The van der Waals surface area contributed by atoms with Crippen LogP contribution in [0.3, 0.4) is 0 Å². The normalized spacial score (nSPS) is 12.9. The fourth-order valence-electron chi connectivity index (χ4n) is 2.73. The van der Waals surface area contributed by atoms with Crippen LogP contribution in [-0.4, -0.2) is 16.2 Å². The SMILES string of the molecule is Cc1c(C(=O)O)oc2c(C(C)(C)C)cc(C(C)(C)C)c(O)c12. The fourth-order valence-corrected chi connectivity index (χ4v) is 2.73. The second kappa shape index (κ2) is 4.77. The highest BCUT2D eigenvalue weighted by Gasteiger charge is 2.31. The van der Waals surface area contributed by atoms with Gasteiger partial charge in [0.25, 0.3) is 0 Å². The number of furan rings is 1. The minimum Gasteiger partial charge on any atom is -0.507 e. The van der Waals surface area contributed by atoms with Gasteiger partial charge in [0.05, 0.1) is 5.39 Å². The largest absolute Gasteiger partial charge is 0.507 e. The molecule has 0 aliphatic carbocycles. The summed E-state index contributed by atoms with van der Waals surface area (Å²) in [5, 5.41) is 20.5. The van der Waals surface area contributed by atoms with Crippen molar-refractivity contribution in [3.05, 3.63) is 28.5 Å². The van der Waals surface area contributed by atoms with Crippen LogP contribution in [0.15, 0.2) is 10.5 Å². The van der Waals surface area contributed by atoms with E-state index < -0.39 is 5.97 Å². The number of carboxylic acids is 1. The van der Waals surface area contributed by atoms with Gasteiger partial charge in [0.2, 0.25) is 5.76 Å². The number of hydrogen-bond donors (Lipinski definition) is 2. The third kappa shape index (κ3) is 2.47. The van der Waals surface area contributed by atoms with Gasteiger partial charge in [-0.1, -0.05) is 41.5 Å². The van der Waals surface area contributed by atoms with Crippen LogP contribution < -0.4 is 0 Å². The molecule has 2 aromatic rings. The van der Waals surface area contributed by atoms with Gasteiger partial charge in [-0.15, -0.1) is 0 Å². The lowest BCUT2D eigenvalue weighted by Crippen LogP contribution is -2.16. The maximum absolute atomic E-state index is 11.4. The Balaban J connectivity index is 3.04. The second-order valence-electron chi connectivity index (χ2n) is 7.89. The van der Waals surface area contributed by atoms with Crippen LogP contribution in [0.1, 0.15) is 68.8 Å². The Morgan fingerprint density at radius 3 is 1.95 bits per heavy atom. The highest BCUT2D eigenvalue weighted by molar-refractivity contribution is 5.99. The average Bonchev–Trinajstić information content (AvgIpc) is 2.65. The molecule has 0 saturated heterocycles. The lowest BCUT2D eigenvalue weighted by Gasteiger charge is -2.26. The third-order valence-electron chi connectivity index (χ3n) is 3.98. The first-order valence-electron chi connectivity index (χ1n) is 7.39. The van der Waals surface area contributed by atoms with Crippen molar-refractivity contribution in [2.45, 2.75) is 59.3 Å². The summed E-state index contributed by atoms with van der Waals surface area (Å²) in [6, 6.07) is 1.94. The van der Waals surface area contributed by atoms with Crippen molar-refractivity contribution in [3.63, 3.8) is 0 Å². The van der Waals surface area contributed by atoms with E-state index in [1.54, 1.807) is 6.92 Å². The zero-order chi connectivity index (χ0) is 17.0. The summed E-state index contributed by atoms with van der Waals surface area (Å²) in [5.74, 6) is -1.11. The molecule has 0 atom stereocenters. The van der Waals surface area contributed by atoms with E-state index >= 15 is 0 Å². The van der Waals surface area contributed by atoms with E-state index in [9.17, 15) is 15.0 Å². The van der Waals surface area contributed by atoms with Crippen molar-refractivity contribution in [2.24, 2.45) is 0 Å². The second-order valence-corrected chi connectivity index (χ2v) is 7.89. The van der Waals surface area contributed by atoms with Crippen LogP contribution in [0.4, 0.5) is 0 Å². The Hall–Kier alpha value is -1.97. The van der Waals surface area contributed by atoms with Gasteiger partial charge in [0.1, 0.15) is 11.3 Å². The molecule has 0 aliphatic rings. The number of carbonyl (C=O) groups is 1. The number of rotatable bonds is 1. The Bertz CT molecular complexity index is 752. The molecule has 0 aliphatic heterocycles. The Kier molecular flexibility index (Phi) is 3.55. The van der Waals surface area contributed by atoms with Crippen LogP contribution in [0.5, 0.6) is 5.75 Å². The number of phenolic OH excluding ortho intramolecular Hbond substituents is 1. The standard InChI is InChI=1S/C18H24O4/c1-9-12-13(19)10(17(2,3)4)8-11(18(5,6)7)15(12)22-14(9)16(20)21/h8,19H,1-7H3,(H,20,21). The molecular weight excluding hydrogens is 280 g/mol. The molecule has 1 aromatic carbocycles. The highest BCUT2D eigenvalue weighted by atomic mass is 16.4. The summed E-state index contributed by atoms with van der Waals surface area (Å²) < 4.78 is 5.61. The molecule has 0 amide bonds. The predicted octanol–water partition coefficient (Wildman–Crippen LogP) is 4.74. The van der Waals surface area contributed by atoms with Gasteiger partial charge in [-0.05, 0) is 23.8 Å². The van der Waals surface area contributed by atoms with Crippen molar-refractivity contribution >= 4 is 16.9 Å². The number of hydrogen-bond acceptors (Lipinski definition) is 3. The van der Waals surface area contributed by atoms with Crippen LogP contribution in [0.2, 0.25) is 0 Å². The minimum atomic E-state index is -1.12. The third-order valence-corrected chi connectivity index (χ3v) is 3.98.